The summed E-state index contributed by atoms with van der Waals surface area (Å²) in [6.07, 6.45) is 1.99. The summed E-state index contributed by atoms with van der Waals surface area (Å²) in [5.41, 5.74) is -0.483. The molecule has 6 nitrogen and oxygen atoms in total. The maximum absolute atomic E-state index is 12.9. The van der Waals surface area contributed by atoms with Gasteiger partial charge < -0.3 is 10.3 Å². The molecule has 2 rings (SSSR count). The molecule has 0 fully saturated rings. The summed E-state index contributed by atoms with van der Waals surface area (Å²) in [4.78, 5) is 16.9. The summed E-state index contributed by atoms with van der Waals surface area (Å²) in [6, 6.07) is 3.42. The zero-order valence-electron chi connectivity index (χ0n) is 11.1. The van der Waals surface area contributed by atoms with Gasteiger partial charge in [-0.05, 0) is 12.5 Å². The summed E-state index contributed by atoms with van der Waals surface area (Å²) in [5.74, 6) is 0.828. The molecule has 0 aliphatic rings. The van der Waals surface area contributed by atoms with E-state index in [4.69, 9.17) is 0 Å². The van der Waals surface area contributed by atoms with Crippen molar-refractivity contribution in [2.75, 3.05) is 11.9 Å². The van der Waals surface area contributed by atoms with Gasteiger partial charge in [-0.15, -0.1) is 0 Å². The van der Waals surface area contributed by atoms with Crippen LogP contribution in [0.15, 0.2) is 30.6 Å². The fraction of sp³-hybridized carbons (Fsp3) is 0.308. The zero-order chi connectivity index (χ0) is 15.2. The predicted molar refractivity (Wildman–Crippen MR) is 73.5 cm³/mol. The van der Waals surface area contributed by atoms with E-state index in [-0.39, 0.29) is 16.9 Å². The highest BCUT2D eigenvalue weighted by molar-refractivity contribution is 5.56. The third-order valence-electron chi connectivity index (χ3n) is 2.94. The molecule has 0 aliphatic heterocycles. The SMILES string of the molecule is O=[N+]([O-])c1ccc(NCCCc2ncc[nH]2)c(C(F)F)c1. The lowest BCUT2D eigenvalue weighted by Gasteiger charge is -2.11. The van der Waals surface area contributed by atoms with Crippen molar-refractivity contribution >= 4 is 11.4 Å². The summed E-state index contributed by atoms with van der Waals surface area (Å²) >= 11 is 0. The maximum atomic E-state index is 12.9. The lowest BCUT2D eigenvalue weighted by atomic mass is 10.1. The van der Waals surface area contributed by atoms with Gasteiger partial charge in [0.1, 0.15) is 5.82 Å². The van der Waals surface area contributed by atoms with E-state index in [0.29, 0.717) is 19.4 Å². The molecule has 0 saturated carbocycles. The van der Waals surface area contributed by atoms with E-state index in [1.165, 1.54) is 12.1 Å². The highest BCUT2D eigenvalue weighted by Crippen LogP contribution is 2.30. The smallest absolute Gasteiger partial charge is 0.270 e. The van der Waals surface area contributed by atoms with E-state index in [2.05, 4.69) is 15.3 Å². The third kappa shape index (κ3) is 3.98. The molecule has 0 bridgehead atoms. The Morgan fingerprint density at radius 3 is 2.86 bits per heavy atom. The van der Waals surface area contributed by atoms with Crippen molar-refractivity contribution in [3.05, 3.63) is 52.1 Å². The monoisotopic (exact) mass is 296 g/mol. The molecule has 21 heavy (non-hydrogen) atoms. The minimum Gasteiger partial charge on any atom is -0.385 e. The highest BCUT2D eigenvalue weighted by Gasteiger charge is 2.17. The van der Waals surface area contributed by atoms with Gasteiger partial charge in [0.2, 0.25) is 0 Å². The van der Waals surface area contributed by atoms with E-state index in [9.17, 15) is 18.9 Å². The van der Waals surface area contributed by atoms with E-state index in [0.717, 1.165) is 11.9 Å². The number of H-pyrrole nitrogens is 1. The normalized spacial score (nSPS) is 10.8. The largest absolute Gasteiger partial charge is 0.385 e. The Hall–Kier alpha value is -2.51. The molecule has 0 atom stereocenters. The fourth-order valence-electron chi connectivity index (χ4n) is 1.92. The molecule has 0 radical (unpaired) electrons. The van der Waals surface area contributed by atoms with Crippen molar-refractivity contribution in [2.45, 2.75) is 19.3 Å². The number of nitro benzene ring substituents is 1. The Kier molecular flexibility index (Phi) is 4.81. The molecule has 2 N–H and O–H groups in total. The minimum atomic E-state index is -2.77. The topological polar surface area (TPSA) is 83.8 Å². The Morgan fingerprint density at radius 2 is 2.24 bits per heavy atom. The number of hydrogen-bond donors (Lipinski definition) is 2. The molecule has 0 spiro atoms. The van der Waals surface area contributed by atoms with Crippen molar-refractivity contribution < 1.29 is 13.7 Å². The number of nitrogens with zero attached hydrogens (tertiary/aromatic N) is 2. The number of aromatic nitrogens is 2. The van der Waals surface area contributed by atoms with Gasteiger partial charge >= 0.3 is 0 Å². The number of non-ortho nitro benzene ring substituents is 1. The predicted octanol–water partition coefficient (Wildman–Crippen LogP) is 3.30. The van der Waals surface area contributed by atoms with Crippen LogP contribution in [-0.4, -0.2) is 21.4 Å². The number of imidazole rings is 1. The first-order valence-electron chi connectivity index (χ1n) is 6.36. The average Bonchev–Trinajstić information content (AvgIpc) is 2.96. The number of aryl methyl sites for hydroxylation is 1. The van der Waals surface area contributed by atoms with Crippen molar-refractivity contribution in [3.8, 4) is 0 Å². The lowest BCUT2D eigenvalue weighted by Crippen LogP contribution is -2.06. The van der Waals surface area contributed by atoms with Crippen molar-refractivity contribution in [1.82, 2.24) is 9.97 Å². The van der Waals surface area contributed by atoms with Gasteiger partial charge in [-0.2, -0.15) is 0 Å². The summed E-state index contributed by atoms with van der Waals surface area (Å²) in [7, 11) is 0. The molecule has 2 aromatic rings. The quantitative estimate of drug-likeness (QED) is 0.466. The van der Waals surface area contributed by atoms with Crippen LogP contribution in [0.2, 0.25) is 0 Å². The van der Waals surface area contributed by atoms with Gasteiger partial charge in [0.25, 0.3) is 12.1 Å². The number of aromatic amines is 1. The van der Waals surface area contributed by atoms with Crippen LogP contribution in [0, 0.1) is 10.1 Å². The van der Waals surface area contributed by atoms with E-state index >= 15 is 0 Å². The molecule has 0 saturated heterocycles. The number of halogens is 2. The van der Waals surface area contributed by atoms with Gasteiger partial charge in [0.15, 0.2) is 0 Å². The zero-order valence-corrected chi connectivity index (χ0v) is 11.1. The summed E-state index contributed by atoms with van der Waals surface area (Å²) < 4.78 is 25.9. The van der Waals surface area contributed by atoms with Crippen molar-refractivity contribution in [3.63, 3.8) is 0 Å². The minimum absolute atomic E-state index is 0.218. The van der Waals surface area contributed by atoms with E-state index < -0.39 is 11.3 Å². The number of alkyl halides is 2. The Bertz CT molecular complexity index is 602. The molecule has 0 amide bonds. The van der Waals surface area contributed by atoms with Crippen molar-refractivity contribution in [2.24, 2.45) is 0 Å². The number of anilines is 1. The van der Waals surface area contributed by atoms with Gasteiger partial charge in [0.05, 0.1) is 4.92 Å². The van der Waals surface area contributed by atoms with Crippen LogP contribution in [-0.2, 0) is 6.42 Å². The Morgan fingerprint density at radius 1 is 1.43 bits per heavy atom. The molecule has 1 aromatic carbocycles. The highest BCUT2D eigenvalue weighted by atomic mass is 19.3. The molecule has 1 aromatic heterocycles. The van der Waals surface area contributed by atoms with E-state index in [1.54, 1.807) is 12.4 Å². The lowest BCUT2D eigenvalue weighted by molar-refractivity contribution is -0.385. The number of hydrogen-bond acceptors (Lipinski definition) is 4. The molecule has 1 heterocycles. The van der Waals surface area contributed by atoms with Crippen LogP contribution in [0.3, 0.4) is 0 Å². The second-order valence-corrected chi connectivity index (χ2v) is 4.40. The number of nitrogens with one attached hydrogen (secondary N) is 2. The number of nitro groups is 1. The Labute approximate surface area is 119 Å². The summed E-state index contributed by atoms with van der Waals surface area (Å²) in [6.45, 7) is 0.470. The first kappa shape index (κ1) is 14.9. The fourth-order valence-corrected chi connectivity index (χ4v) is 1.92. The second-order valence-electron chi connectivity index (χ2n) is 4.40. The molecular formula is C13H14F2N4O2. The van der Waals surface area contributed by atoms with Gasteiger partial charge in [0, 0.05) is 48.7 Å². The standard InChI is InChI=1S/C13H14F2N4O2/c14-13(15)10-8-9(19(20)21)3-4-11(10)16-5-1-2-12-17-6-7-18-12/h3-4,6-8,13,16H,1-2,5H2,(H,17,18). The number of rotatable bonds is 7. The van der Waals surface area contributed by atoms with Gasteiger partial charge in [-0.25, -0.2) is 13.8 Å². The molecular weight excluding hydrogens is 282 g/mol. The van der Waals surface area contributed by atoms with Gasteiger partial charge in [-0.1, -0.05) is 0 Å². The molecule has 0 aliphatic carbocycles. The molecule has 0 unspecified atom stereocenters. The van der Waals surface area contributed by atoms with Crippen LogP contribution in [0.5, 0.6) is 0 Å². The first-order valence-corrected chi connectivity index (χ1v) is 6.36. The maximum Gasteiger partial charge on any atom is 0.270 e. The van der Waals surface area contributed by atoms with Crippen LogP contribution in [0.25, 0.3) is 0 Å². The van der Waals surface area contributed by atoms with Crippen LogP contribution < -0.4 is 5.32 Å². The average molecular weight is 296 g/mol. The van der Waals surface area contributed by atoms with Crippen molar-refractivity contribution in [1.29, 1.82) is 0 Å². The molecule has 112 valence electrons. The van der Waals surface area contributed by atoms with E-state index in [1.807, 2.05) is 0 Å². The van der Waals surface area contributed by atoms with Gasteiger partial charge in [-0.3, -0.25) is 10.1 Å². The third-order valence-corrected chi connectivity index (χ3v) is 2.94. The summed E-state index contributed by atoms with van der Waals surface area (Å²) in [5, 5.41) is 13.5. The molecule has 8 heteroatoms. The Balaban J connectivity index is 1.97. The van der Waals surface area contributed by atoms with Crippen LogP contribution >= 0.6 is 0 Å². The second kappa shape index (κ2) is 6.78. The van der Waals surface area contributed by atoms with Crippen LogP contribution in [0.1, 0.15) is 24.2 Å². The van der Waals surface area contributed by atoms with Crippen LogP contribution in [0.4, 0.5) is 20.2 Å². The number of benzene rings is 1. The first-order chi connectivity index (χ1) is 10.1.